The minimum Gasteiger partial charge on any atom is -0.491 e. The summed E-state index contributed by atoms with van der Waals surface area (Å²) in [5.74, 6) is 1.25. The van der Waals surface area contributed by atoms with Gasteiger partial charge in [-0.15, -0.1) is 4.99 Å². The molecule has 0 saturated carbocycles. The SMILES string of the molecule is CCc1nc(C)nc(N=C=O)c1OC. The molecule has 0 bridgehead atoms. The van der Waals surface area contributed by atoms with E-state index in [1.54, 1.807) is 6.92 Å². The lowest BCUT2D eigenvalue weighted by atomic mass is 10.3. The van der Waals surface area contributed by atoms with E-state index in [2.05, 4.69) is 15.0 Å². The molecule has 5 nitrogen and oxygen atoms in total. The van der Waals surface area contributed by atoms with Crippen LogP contribution in [0.2, 0.25) is 0 Å². The summed E-state index contributed by atoms with van der Waals surface area (Å²) in [4.78, 5) is 21.8. The monoisotopic (exact) mass is 193 g/mol. The second kappa shape index (κ2) is 4.48. The van der Waals surface area contributed by atoms with Gasteiger partial charge >= 0.3 is 0 Å². The number of hydrogen-bond donors (Lipinski definition) is 0. The highest BCUT2D eigenvalue weighted by Crippen LogP contribution is 2.27. The number of aryl methyl sites for hydroxylation is 2. The normalized spacial score (nSPS) is 9.36. The van der Waals surface area contributed by atoms with Crippen LogP contribution < -0.4 is 4.74 Å². The van der Waals surface area contributed by atoms with Gasteiger partial charge in [0.2, 0.25) is 11.9 Å². The first-order valence-corrected chi connectivity index (χ1v) is 4.22. The number of methoxy groups -OCH3 is 1. The van der Waals surface area contributed by atoms with Crippen molar-refractivity contribution in [3.05, 3.63) is 11.5 Å². The summed E-state index contributed by atoms with van der Waals surface area (Å²) in [5.41, 5.74) is 0.744. The Kier molecular flexibility index (Phi) is 3.31. The maximum absolute atomic E-state index is 10.1. The van der Waals surface area contributed by atoms with E-state index in [0.29, 0.717) is 18.0 Å². The van der Waals surface area contributed by atoms with Crippen molar-refractivity contribution in [1.82, 2.24) is 9.97 Å². The van der Waals surface area contributed by atoms with E-state index >= 15 is 0 Å². The molecule has 0 aliphatic rings. The smallest absolute Gasteiger partial charge is 0.242 e. The van der Waals surface area contributed by atoms with Gasteiger partial charge in [0.05, 0.1) is 12.8 Å². The lowest BCUT2D eigenvalue weighted by molar-refractivity contribution is 0.406. The molecule has 14 heavy (non-hydrogen) atoms. The number of aromatic nitrogens is 2. The summed E-state index contributed by atoms with van der Waals surface area (Å²) >= 11 is 0. The average Bonchev–Trinajstić information content (AvgIpc) is 2.17. The number of aliphatic imine (C=N–C) groups is 1. The maximum atomic E-state index is 10.1. The number of rotatable bonds is 3. The van der Waals surface area contributed by atoms with Gasteiger partial charge in [-0.1, -0.05) is 6.92 Å². The van der Waals surface area contributed by atoms with Crippen LogP contribution in [0.1, 0.15) is 18.4 Å². The summed E-state index contributed by atoms with van der Waals surface area (Å²) in [6.45, 7) is 3.68. The van der Waals surface area contributed by atoms with Crippen LogP contribution in [-0.4, -0.2) is 23.2 Å². The average molecular weight is 193 g/mol. The molecule has 1 aromatic rings. The van der Waals surface area contributed by atoms with Gasteiger partial charge < -0.3 is 4.74 Å². The van der Waals surface area contributed by atoms with Crippen LogP contribution >= 0.6 is 0 Å². The second-order valence-electron chi connectivity index (χ2n) is 2.63. The molecule has 74 valence electrons. The fraction of sp³-hybridized carbons (Fsp3) is 0.444. The first kappa shape index (κ1) is 10.3. The van der Waals surface area contributed by atoms with Gasteiger partial charge in [-0.25, -0.2) is 14.8 Å². The third-order valence-electron chi connectivity index (χ3n) is 1.72. The second-order valence-corrected chi connectivity index (χ2v) is 2.63. The molecule has 0 unspecified atom stereocenters. The van der Waals surface area contributed by atoms with E-state index < -0.39 is 0 Å². The Morgan fingerprint density at radius 2 is 2.21 bits per heavy atom. The molecule has 5 heteroatoms. The Balaban J connectivity index is 3.38. The molecule has 0 aromatic carbocycles. The number of carbonyl (C=O) groups excluding carboxylic acids is 1. The summed E-state index contributed by atoms with van der Waals surface area (Å²) in [6.07, 6.45) is 2.14. The number of ether oxygens (including phenoxy) is 1. The maximum Gasteiger partial charge on any atom is 0.242 e. The van der Waals surface area contributed by atoms with E-state index in [1.165, 1.54) is 13.2 Å². The van der Waals surface area contributed by atoms with Crippen LogP contribution in [0, 0.1) is 6.92 Å². The molecule has 1 rings (SSSR count). The Labute approximate surface area is 81.9 Å². The molecule has 0 atom stereocenters. The highest BCUT2D eigenvalue weighted by molar-refractivity contribution is 5.54. The van der Waals surface area contributed by atoms with Crippen molar-refractivity contribution in [2.75, 3.05) is 7.11 Å². The highest BCUT2D eigenvalue weighted by atomic mass is 16.5. The predicted molar refractivity (Wildman–Crippen MR) is 50.5 cm³/mol. The lowest BCUT2D eigenvalue weighted by Gasteiger charge is -2.07. The van der Waals surface area contributed by atoms with Crippen LogP contribution in [0.15, 0.2) is 4.99 Å². The minimum atomic E-state index is 0.242. The molecule has 0 aliphatic heterocycles. The largest absolute Gasteiger partial charge is 0.491 e. The molecule has 0 aliphatic carbocycles. The topological polar surface area (TPSA) is 64.4 Å². The van der Waals surface area contributed by atoms with Crippen molar-refractivity contribution in [1.29, 1.82) is 0 Å². The molecular formula is C9H11N3O2. The molecule has 1 heterocycles. The Morgan fingerprint density at radius 3 is 2.71 bits per heavy atom. The lowest BCUT2D eigenvalue weighted by Crippen LogP contribution is -1.99. The van der Waals surface area contributed by atoms with E-state index in [0.717, 1.165) is 5.69 Å². The highest BCUT2D eigenvalue weighted by Gasteiger charge is 2.11. The number of hydrogen-bond acceptors (Lipinski definition) is 5. The van der Waals surface area contributed by atoms with Crippen LogP contribution in [-0.2, 0) is 11.2 Å². The standard InChI is InChI=1S/C9H11N3O2/c1-4-7-8(14-3)9(10-5-13)12-6(2)11-7/h4H2,1-3H3. The zero-order chi connectivity index (χ0) is 10.6. The zero-order valence-corrected chi connectivity index (χ0v) is 8.37. The van der Waals surface area contributed by atoms with E-state index in [1.807, 2.05) is 6.92 Å². The van der Waals surface area contributed by atoms with Crippen molar-refractivity contribution < 1.29 is 9.53 Å². The summed E-state index contributed by atoms with van der Waals surface area (Å²) in [7, 11) is 1.50. The molecule has 0 spiro atoms. The quantitative estimate of drug-likeness (QED) is 0.536. The van der Waals surface area contributed by atoms with Crippen molar-refractivity contribution in [2.24, 2.45) is 4.99 Å². The van der Waals surface area contributed by atoms with Crippen molar-refractivity contribution in [2.45, 2.75) is 20.3 Å². The van der Waals surface area contributed by atoms with Crippen molar-refractivity contribution >= 4 is 11.9 Å². The van der Waals surface area contributed by atoms with Crippen LogP contribution in [0.25, 0.3) is 0 Å². The molecule has 0 radical (unpaired) electrons. The Bertz CT molecular complexity index is 384. The Morgan fingerprint density at radius 1 is 1.50 bits per heavy atom. The van der Waals surface area contributed by atoms with Crippen LogP contribution in [0.3, 0.4) is 0 Å². The minimum absolute atomic E-state index is 0.242. The molecule has 1 aromatic heterocycles. The summed E-state index contributed by atoms with van der Waals surface area (Å²) < 4.78 is 5.08. The zero-order valence-electron chi connectivity index (χ0n) is 8.37. The fourth-order valence-electron chi connectivity index (χ4n) is 1.17. The first-order valence-electron chi connectivity index (χ1n) is 4.22. The van der Waals surface area contributed by atoms with E-state index in [-0.39, 0.29) is 5.82 Å². The van der Waals surface area contributed by atoms with Gasteiger partial charge in [0.15, 0.2) is 5.75 Å². The molecule has 0 saturated heterocycles. The molecular weight excluding hydrogens is 182 g/mol. The van der Waals surface area contributed by atoms with Crippen molar-refractivity contribution in [3.8, 4) is 5.75 Å². The van der Waals surface area contributed by atoms with Crippen LogP contribution in [0.5, 0.6) is 5.75 Å². The molecule has 0 fully saturated rings. The Hall–Kier alpha value is -1.74. The van der Waals surface area contributed by atoms with Gasteiger partial charge in [0.1, 0.15) is 5.82 Å². The van der Waals surface area contributed by atoms with Crippen molar-refractivity contribution in [3.63, 3.8) is 0 Å². The summed E-state index contributed by atoms with van der Waals surface area (Å²) in [6, 6.07) is 0. The number of isocyanates is 1. The van der Waals surface area contributed by atoms with Gasteiger partial charge in [-0.2, -0.15) is 0 Å². The number of nitrogens with zero attached hydrogens (tertiary/aromatic N) is 3. The third kappa shape index (κ3) is 1.95. The molecule has 0 amide bonds. The van der Waals surface area contributed by atoms with Gasteiger partial charge in [0, 0.05) is 0 Å². The van der Waals surface area contributed by atoms with Crippen LogP contribution in [0.4, 0.5) is 5.82 Å². The van der Waals surface area contributed by atoms with Gasteiger partial charge in [0.25, 0.3) is 0 Å². The first-order chi connectivity index (χ1) is 6.72. The predicted octanol–water partition coefficient (Wildman–Crippen LogP) is 1.32. The summed E-state index contributed by atoms with van der Waals surface area (Å²) in [5, 5.41) is 0. The van der Waals surface area contributed by atoms with Gasteiger partial charge in [-0.3, -0.25) is 0 Å². The fourth-order valence-corrected chi connectivity index (χ4v) is 1.17. The third-order valence-corrected chi connectivity index (χ3v) is 1.72. The van der Waals surface area contributed by atoms with Gasteiger partial charge in [-0.05, 0) is 13.3 Å². The molecule has 0 N–H and O–H groups in total. The van der Waals surface area contributed by atoms with E-state index in [9.17, 15) is 4.79 Å². The van der Waals surface area contributed by atoms with E-state index in [4.69, 9.17) is 4.74 Å².